The van der Waals surface area contributed by atoms with Gasteiger partial charge in [0, 0.05) is 56.5 Å². The largest absolute Gasteiger partial charge is 0.329 e. The summed E-state index contributed by atoms with van der Waals surface area (Å²) in [7, 11) is 0. The number of amides is 6. The van der Waals surface area contributed by atoms with Crippen LogP contribution in [0.3, 0.4) is 0 Å². The molecule has 0 spiro atoms. The van der Waals surface area contributed by atoms with Crippen molar-refractivity contribution in [2.75, 3.05) is 15.5 Å². The minimum Gasteiger partial charge on any atom is -0.329 e. The van der Waals surface area contributed by atoms with Crippen LogP contribution < -0.4 is 21.1 Å². The van der Waals surface area contributed by atoms with Gasteiger partial charge in [0.1, 0.15) is 0 Å². The van der Waals surface area contributed by atoms with Gasteiger partial charge < -0.3 is 10.3 Å². The average molecular weight is 899 g/mol. The van der Waals surface area contributed by atoms with Crippen molar-refractivity contribution in [3.8, 4) is 0 Å². The summed E-state index contributed by atoms with van der Waals surface area (Å²) in [6.07, 6.45) is 5.08. The van der Waals surface area contributed by atoms with Crippen molar-refractivity contribution in [1.82, 2.24) is 14.9 Å². The van der Waals surface area contributed by atoms with E-state index >= 15 is 9.59 Å². The fourth-order valence-corrected chi connectivity index (χ4v) is 10.6. The molecule has 0 radical (unpaired) electrons. The van der Waals surface area contributed by atoms with Crippen molar-refractivity contribution in [2.45, 2.75) is 131 Å². The third kappa shape index (κ3) is 7.23. The SMILES string of the molecule is CCCCC(CC)c1cc(=O)nc(NC(=O)Nc2cc(C(C)(C)C)c(N3C(=O)c4ccc5c6ccc7c8c(ccc(c9ccc(c4c59)C3=O)c86)C(=O)N(C(CC)CC)C7=O)cc2C(C)(C)C)[nH]1. The molecule has 1 unspecified atom stereocenters. The van der Waals surface area contributed by atoms with Gasteiger partial charge in [0.15, 0.2) is 0 Å². The molecule has 12 heteroatoms. The van der Waals surface area contributed by atoms with Gasteiger partial charge in [-0.15, -0.1) is 0 Å². The highest BCUT2D eigenvalue weighted by atomic mass is 16.2. The summed E-state index contributed by atoms with van der Waals surface area (Å²) in [6, 6.07) is 19.2. The molecule has 67 heavy (non-hydrogen) atoms. The van der Waals surface area contributed by atoms with E-state index in [1.807, 2.05) is 104 Å². The number of anilines is 3. The minimum absolute atomic E-state index is 0.0427. The number of fused-ring (bicyclic) bond motifs is 2. The Balaban J connectivity index is 1.14. The lowest BCUT2D eigenvalue weighted by Crippen LogP contribution is -2.46. The number of carbonyl (C=O) groups is 5. The Morgan fingerprint density at radius 2 is 1.10 bits per heavy atom. The van der Waals surface area contributed by atoms with Gasteiger partial charge in [-0.05, 0) is 122 Å². The van der Waals surface area contributed by atoms with Crippen molar-refractivity contribution in [1.29, 1.82) is 0 Å². The lowest BCUT2D eigenvalue weighted by molar-refractivity contribution is 0.0529. The molecule has 0 bridgehead atoms. The summed E-state index contributed by atoms with van der Waals surface area (Å²) in [6.45, 7) is 20.1. The number of rotatable bonds is 11. The van der Waals surface area contributed by atoms with E-state index in [1.54, 1.807) is 12.1 Å². The van der Waals surface area contributed by atoms with Crippen LogP contribution >= 0.6 is 0 Å². The van der Waals surface area contributed by atoms with Crippen molar-refractivity contribution in [3.05, 3.63) is 116 Å². The highest BCUT2D eigenvalue weighted by molar-refractivity contribution is 6.44. The van der Waals surface area contributed by atoms with E-state index in [-0.39, 0.29) is 29.7 Å². The lowest BCUT2D eigenvalue weighted by Gasteiger charge is -2.35. The predicted molar refractivity (Wildman–Crippen MR) is 268 cm³/mol. The van der Waals surface area contributed by atoms with E-state index in [9.17, 15) is 19.2 Å². The Labute approximate surface area is 389 Å². The molecular weight excluding hydrogens is 841 g/mol. The van der Waals surface area contributed by atoms with Crippen LogP contribution in [0.25, 0.3) is 43.1 Å². The normalized spacial score (nSPS) is 14.7. The molecule has 0 saturated heterocycles. The van der Waals surface area contributed by atoms with Crippen LogP contribution in [-0.2, 0) is 10.8 Å². The molecule has 0 fully saturated rings. The van der Waals surface area contributed by atoms with Crippen LogP contribution in [0, 0.1) is 0 Å². The number of H-pyrrole nitrogens is 1. The zero-order chi connectivity index (χ0) is 48.0. The Bertz CT molecular complexity index is 3190. The maximum Gasteiger partial charge on any atom is 0.326 e. The van der Waals surface area contributed by atoms with E-state index in [0.29, 0.717) is 68.4 Å². The number of unbranched alkanes of at least 4 members (excludes halogenated alkanes) is 1. The number of aromatic nitrogens is 2. The van der Waals surface area contributed by atoms with Crippen LogP contribution in [-0.4, -0.2) is 50.6 Å². The molecule has 7 aromatic rings. The Kier molecular flexibility index (Phi) is 11.1. The van der Waals surface area contributed by atoms with Crippen molar-refractivity contribution < 1.29 is 24.0 Å². The number of carbonyl (C=O) groups excluding carboxylic acids is 5. The molecule has 3 heterocycles. The Morgan fingerprint density at radius 3 is 1.55 bits per heavy atom. The summed E-state index contributed by atoms with van der Waals surface area (Å²) in [5.74, 6) is -1.38. The number of hydrogen-bond acceptors (Lipinski definition) is 7. The monoisotopic (exact) mass is 898 g/mol. The van der Waals surface area contributed by atoms with Gasteiger partial charge in [0.25, 0.3) is 29.2 Å². The van der Waals surface area contributed by atoms with E-state index in [2.05, 4.69) is 34.4 Å². The van der Waals surface area contributed by atoms with E-state index in [0.717, 1.165) is 63.7 Å². The van der Waals surface area contributed by atoms with Crippen molar-refractivity contribution in [2.24, 2.45) is 0 Å². The van der Waals surface area contributed by atoms with Gasteiger partial charge in [0.2, 0.25) is 5.95 Å². The van der Waals surface area contributed by atoms with Crippen LogP contribution in [0.4, 0.5) is 22.1 Å². The Hall–Kier alpha value is -6.95. The fraction of sp³-hybridized carbons (Fsp3) is 0.364. The molecule has 0 aliphatic carbocycles. The number of imide groups is 2. The molecule has 6 aromatic carbocycles. The van der Waals surface area contributed by atoms with Crippen LogP contribution in [0.2, 0.25) is 0 Å². The maximum absolute atomic E-state index is 15.1. The van der Waals surface area contributed by atoms with Gasteiger partial charge >= 0.3 is 6.03 Å². The number of nitrogens with one attached hydrogen (secondary N) is 3. The average Bonchev–Trinajstić information content (AvgIpc) is 3.27. The number of aromatic amines is 1. The first kappa shape index (κ1) is 45.2. The van der Waals surface area contributed by atoms with Crippen LogP contribution in [0.1, 0.15) is 172 Å². The molecule has 1 atom stereocenters. The molecule has 344 valence electrons. The first-order valence-corrected chi connectivity index (χ1v) is 23.7. The van der Waals surface area contributed by atoms with Crippen molar-refractivity contribution >= 4 is 90.1 Å². The lowest BCUT2D eigenvalue weighted by atomic mass is 9.78. The minimum atomic E-state index is -0.616. The molecule has 2 aliphatic heterocycles. The molecule has 0 saturated carbocycles. The molecule has 6 amide bonds. The van der Waals surface area contributed by atoms with Gasteiger partial charge in [-0.25, -0.2) is 9.69 Å². The molecule has 3 N–H and O–H groups in total. The zero-order valence-electron chi connectivity index (χ0n) is 40.0. The quantitative estimate of drug-likeness (QED) is 0.0661. The summed E-state index contributed by atoms with van der Waals surface area (Å²) in [5, 5.41) is 11.8. The van der Waals surface area contributed by atoms with Crippen LogP contribution in [0.15, 0.2) is 71.5 Å². The summed E-state index contributed by atoms with van der Waals surface area (Å²) in [5.41, 5.74) is 3.04. The predicted octanol–water partition coefficient (Wildman–Crippen LogP) is 12.3. The second-order valence-electron chi connectivity index (χ2n) is 20.3. The summed E-state index contributed by atoms with van der Waals surface area (Å²) >= 11 is 0. The van der Waals surface area contributed by atoms with E-state index in [1.165, 1.54) is 15.9 Å². The van der Waals surface area contributed by atoms with E-state index < -0.39 is 34.2 Å². The number of nitrogens with zero attached hydrogens (tertiary/aromatic N) is 3. The maximum atomic E-state index is 15.1. The highest BCUT2D eigenvalue weighted by Crippen LogP contribution is 2.48. The smallest absolute Gasteiger partial charge is 0.326 e. The van der Waals surface area contributed by atoms with Gasteiger partial charge in [-0.1, -0.05) is 106 Å². The number of hydrogen-bond donors (Lipinski definition) is 3. The standard InChI is InChI=1S/C55H58N6O6/c1-11-15-16-28(12-2)40-27-43(62)58-52(56-40)59-53(67)57-41-25-39(55(8,9)10)42(26-38(41)54(5,6)7)61-50(65)36-23-19-32-30-17-21-34-46-35(49(64)60(48(34)63)29(13-3)14-4)22-18-31(44(30)46)33-20-24-37(51(61)66)47(36)45(32)33/h17-29H,11-16H2,1-10H3,(H3,56,57,58,59,62,67). The van der Waals surface area contributed by atoms with Gasteiger partial charge in [-0.2, -0.15) is 4.98 Å². The molecule has 9 rings (SSSR count). The third-order valence-electron chi connectivity index (χ3n) is 14.1. The third-order valence-corrected chi connectivity index (χ3v) is 14.1. The first-order chi connectivity index (χ1) is 31.8. The number of benzene rings is 6. The summed E-state index contributed by atoms with van der Waals surface area (Å²) < 4.78 is 0. The Morgan fingerprint density at radius 1 is 0.612 bits per heavy atom. The van der Waals surface area contributed by atoms with Crippen LogP contribution in [0.5, 0.6) is 0 Å². The topological polar surface area (TPSA) is 162 Å². The van der Waals surface area contributed by atoms with Gasteiger partial charge in [-0.3, -0.25) is 34.2 Å². The van der Waals surface area contributed by atoms with Crippen molar-refractivity contribution in [3.63, 3.8) is 0 Å². The highest BCUT2D eigenvalue weighted by Gasteiger charge is 2.41. The molecule has 2 aliphatic rings. The van der Waals surface area contributed by atoms with Gasteiger partial charge in [0.05, 0.1) is 5.69 Å². The molecular formula is C55H58N6O6. The number of urea groups is 1. The fourth-order valence-electron chi connectivity index (χ4n) is 10.6. The second kappa shape index (κ2) is 16.4. The van der Waals surface area contributed by atoms with E-state index in [4.69, 9.17) is 0 Å². The second-order valence-corrected chi connectivity index (χ2v) is 20.3. The molecule has 1 aromatic heterocycles. The first-order valence-electron chi connectivity index (χ1n) is 23.7. The zero-order valence-corrected chi connectivity index (χ0v) is 40.0. The molecule has 12 nitrogen and oxygen atoms in total. The summed E-state index contributed by atoms with van der Waals surface area (Å²) in [4.78, 5) is 94.8.